The average molecular weight is 503 g/mol. The lowest BCUT2D eigenvalue weighted by molar-refractivity contribution is -0.136. The number of benzene rings is 3. The maximum absolute atomic E-state index is 14.3. The molecule has 1 heterocycles. The minimum absolute atomic E-state index is 0.0621. The minimum atomic E-state index is -0.597. The van der Waals surface area contributed by atoms with Crippen LogP contribution in [0.1, 0.15) is 39.0 Å². The van der Waals surface area contributed by atoms with Crippen molar-refractivity contribution >= 4 is 11.8 Å². The number of amides is 2. The van der Waals surface area contributed by atoms with Crippen LogP contribution in [0.2, 0.25) is 0 Å². The Morgan fingerprint density at radius 2 is 1.46 bits per heavy atom. The van der Waals surface area contributed by atoms with Crippen LogP contribution in [0.4, 0.5) is 0 Å². The third-order valence-electron chi connectivity index (χ3n) is 6.80. The molecule has 7 heteroatoms. The fourth-order valence-electron chi connectivity index (χ4n) is 4.92. The first-order valence-corrected chi connectivity index (χ1v) is 12.4. The van der Waals surface area contributed by atoms with E-state index in [2.05, 4.69) is 0 Å². The Balaban J connectivity index is 1.85. The number of hydrogen-bond acceptors (Lipinski definition) is 5. The molecule has 0 spiro atoms. The number of rotatable bonds is 11. The molecule has 1 aliphatic rings. The van der Waals surface area contributed by atoms with Crippen molar-refractivity contribution < 1.29 is 23.8 Å². The van der Waals surface area contributed by atoms with Crippen molar-refractivity contribution in [3.63, 3.8) is 0 Å². The smallest absolute Gasteiger partial charge is 0.255 e. The summed E-state index contributed by atoms with van der Waals surface area (Å²) >= 11 is 0. The number of carbonyl (C=O) groups is 2. The van der Waals surface area contributed by atoms with Crippen LogP contribution in [-0.2, 0) is 20.8 Å². The molecule has 7 nitrogen and oxygen atoms in total. The Morgan fingerprint density at radius 3 is 2.08 bits per heavy atom. The first-order chi connectivity index (χ1) is 18.1. The topological polar surface area (TPSA) is 68.3 Å². The summed E-state index contributed by atoms with van der Waals surface area (Å²) in [5.41, 5.74) is 3.16. The van der Waals surface area contributed by atoms with Crippen molar-refractivity contribution in [3.05, 3.63) is 101 Å². The average Bonchev–Trinajstić information content (AvgIpc) is 2.95. The van der Waals surface area contributed by atoms with E-state index in [-0.39, 0.29) is 11.8 Å². The molecule has 2 amide bonds. The van der Waals surface area contributed by atoms with E-state index in [0.717, 1.165) is 16.7 Å². The summed E-state index contributed by atoms with van der Waals surface area (Å²) in [5.74, 6) is -0.0390. The highest BCUT2D eigenvalue weighted by atomic mass is 16.5. The Morgan fingerprint density at radius 1 is 0.838 bits per heavy atom. The molecule has 0 fully saturated rings. The Bertz CT molecular complexity index is 1170. The van der Waals surface area contributed by atoms with Crippen molar-refractivity contribution in [1.29, 1.82) is 0 Å². The van der Waals surface area contributed by atoms with Gasteiger partial charge in [0.2, 0.25) is 5.91 Å². The summed E-state index contributed by atoms with van der Waals surface area (Å²) in [7, 11) is 4.86. The fourth-order valence-corrected chi connectivity index (χ4v) is 4.92. The molecular formula is C30H34N2O5. The predicted octanol–water partition coefficient (Wildman–Crippen LogP) is 4.30. The van der Waals surface area contributed by atoms with Gasteiger partial charge in [-0.05, 0) is 34.9 Å². The summed E-state index contributed by atoms with van der Waals surface area (Å²) in [5, 5.41) is 0. The van der Waals surface area contributed by atoms with Gasteiger partial charge >= 0.3 is 0 Å². The van der Waals surface area contributed by atoms with Crippen molar-refractivity contribution in [1.82, 2.24) is 9.80 Å². The second-order valence-corrected chi connectivity index (χ2v) is 9.01. The molecule has 0 N–H and O–H groups in total. The summed E-state index contributed by atoms with van der Waals surface area (Å²) in [4.78, 5) is 31.9. The lowest BCUT2D eigenvalue weighted by Crippen LogP contribution is -2.49. The zero-order valence-corrected chi connectivity index (χ0v) is 21.6. The van der Waals surface area contributed by atoms with Gasteiger partial charge < -0.3 is 24.0 Å². The van der Waals surface area contributed by atoms with Crippen molar-refractivity contribution in [2.24, 2.45) is 0 Å². The minimum Gasteiger partial charge on any atom is -0.497 e. The number of nitrogens with zero attached hydrogens (tertiary/aromatic N) is 2. The van der Waals surface area contributed by atoms with Crippen LogP contribution in [0.3, 0.4) is 0 Å². The molecule has 3 aromatic rings. The van der Waals surface area contributed by atoms with Crippen molar-refractivity contribution in [3.8, 4) is 5.75 Å². The third-order valence-corrected chi connectivity index (χ3v) is 6.80. The monoisotopic (exact) mass is 502 g/mol. The molecule has 0 saturated heterocycles. The molecule has 1 aliphatic heterocycles. The molecule has 2 atom stereocenters. The van der Waals surface area contributed by atoms with E-state index in [0.29, 0.717) is 44.2 Å². The molecule has 0 saturated carbocycles. The van der Waals surface area contributed by atoms with Crippen LogP contribution in [0.15, 0.2) is 78.9 Å². The maximum Gasteiger partial charge on any atom is 0.255 e. The van der Waals surface area contributed by atoms with E-state index in [9.17, 15) is 9.59 Å². The van der Waals surface area contributed by atoms with Crippen molar-refractivity contribution in [2.75, 3.05) is 47.6 Å². The van der Waals surface area contributed by atoms with Crippen LogP contribution < -0.4 is 4.74 Å². The van der Waals surface area contributed by atoms with E-state index in [4.69, 9.17) is 14.2 Å². The molecule has 0 bridgehead atoms. The van der Waals surface area contributed by atoms with E-state index in [1.807, 2.05) is 83.8 Å². The normalized spacial score (nSPS) is 16.8. The number of ether oxygens (including phenoxy) is 3. The van der Waals surface area contributed by atoms with E-state index in [1.54, 1.807) is 26.2 Å². The predicted molar refractivity (Wildman–Crippen MR) is 142 cm³/mol. The highest BCUT2D eigenvalue weighted by Crippen LogP contribution is 2.44. The Hall–Kier alpha value is -3.68. The molecule has 0 radical (unpaired) electrons. The van der Waals surface area contributed by atoms with Gasteiger partial charge in [0.25, 0.3) is 5.91 Å². The van der Waals surface area contributed by atoms with E-state index >= 15 is 0 Å². The fraction of sp³-hybridized carbons (Fsp3) is 0.333. The lowest BCUT2D eigenvalue weighted by Gasteiger charge is -2.43. The standard InChI is InChI=1S/C30H34N2O5/c1-35-19-17-31(18-20-36-2)30(34)27-25-11-7-8-12-26(25)29(33)32(21-22-9-5-4-6-10-22)28(27)23-13-15-24(37-3)16-14-23/h4-16,27-28H,17-21H2,1-3H3/t27-,28-/m0/s1. The summed E-state index contributed by atoms with van der Waals surface area (Å²) in [6, 6.07) is 24.4. The highest BCUT2D eigenvalue weighted by Gasteiger charge is 2.45. The van der Waals surface area contributed by atoms with Gasteiger partial charge in [0.15, 0.2) is 0 Å². The first kappa shape index (κ1) is 26.4. The molecule has 0 unspecified atom stereocenters. The lowest BCUT2D eigenvalue weighted by atomic mass is 9.78. The first-order valence-electron chi connectivity index (χ1n) is 12.4. The summed E-state index contributed by atoms with van der Waals surface area (Å²) < 4.78 is 16.0. The SMILES string of the molecule is COCCN(CCOC)C(=O)[C@H]1c2ccccc2C(=O)N(Cc2ccccc2)[C@H]1c1ccc(OC)cc1. The van der Waals surface area contributed by atoms with Crippen LogP contribution >= 0.6 is 0 Å². The van der Waals surface area contributed by atoms with E-state index in [1.165, 1.54) is 0 Å². The van der Waals surface area contributed by atoms with Crippen LogP contribution in [0.25, 0.3) is 0 Å². The molecule has 0 aliphatic carbocycles. The molecule has 0 aromatic heterocycles. The number of fused-ring (bicyclic) bond motifs is 1. The Labute approximate surface area is 218 Å². The van der Waals surface area contributed by atoms with Gasteiger partial charge in [-0.15, -0.1) is 0 Å². The summed E-state index contributed by atoms with van der Waals surface area (Å²) in [6.07, 6.45) is 0. The molecule has 194 valence electrons. The number of carbonyl (C=O) groups excluding carboxylic acids is 2. The molecule has 37 heavy (non-hydrogen) atoms. The van der Waals surface area contributed by atoms with Gasteiger partial charge in [0.05, 0.1) is 32.3 Å². The summed E-state index contributed by atoms with van der Waals surface area (Å²) in [6.45, 7) is 2.05. The van der Waals surface area contributed by atoms with E-state index < -0.39 is 12.0 Å². The van der Waals surface area contributed by atoms with Gasteiger partial charge in [-0.2, -0.15) is 0 Å². The van der Waals surface area contributed by atoms with Crippen molar-refractivity contribution in [2.45, 2.75) is 18.5 Å². The zero-order chi connectivity index (χ0) is 26.2. The quantitative estimate of drug-likeness (QED) is 0.391. The van der Waals surface area contributed by atoms with Crippen LogP contribution in [-0.4, -0.2) is 69.2 Å². The van der Waals surface area contributed by atoms with Gasteiger partial charge in [0, 0.05) is 39.4 Å². The van der Waals surface area contributed by atoms with Crippen LogP contribution in [0, 0.1) is 0 Å². The molecular weight excluding hydrogens is 468 g/mol. The van der Waals surface area contributed by atoms with Gasteiger partial charge in [0.1, 0.15) is 5.75 Å². The van der Waals surface area contributed by atoms with Gasteiger partial charge in [-0.25, -0.2) is 0 Å². The van der Waals surface area contributed by atoms with Gasteiger partial charge in [-0.1, -0.05) is 60.7 Å². The zero-order valence-electron chi connectivity index (χ0n) is 21.6. The largest absolute Gasteiger partial charge is 0.497 e. The second-order valence-electron chi connectivity index (χ2n) is 9.01. The highest BCUT2D eigenvalue weighted by molar-refractivity contribution is 6.01. The van der Waals surface area contributed by atoms with Crippen LogP contribution in [0.5, 0.6) is 5.75 Å². The molecule has 4 rings (SSSR count). The second kappa shape index (κ2) is 12.5. The Kier molecular flexibility index (Phi) is 8.93. The number of hydrogen-bond donors (Lipinski definition) is 0. The van der Waals surface area contributed by atoms with Gasteiger partial charge in [-0.3, -0.25) is 9.59 Å². The number of methoxy groups -OCH3 is 3. The third kappa shape index (κ3) is 5.84. The maximum atomic E-state index is 14.3. The molecule has 3 aromatic carbocycles.